The Labute approximate surface area is 235 Å². The molecule has 1 amide bonds. The molecule has 0 radical (unpaired) electrons. The van der Waals surface area contributed by atoms with Crippen LogP contribution in [0.4, 0.5) is 5.82 Å². The van der Waals surface area contributed by atoms with Gasteiger partial charge in [0, 0.05) is 32.9 Å². The van der Waals surface area contributed by atoms with E-state index < -0.39 is 7.67 Å². The van der Waals surface area contributed by atoms with Gasteiger partial charge in [-0.15, -0.1) is 12.4 Å². The van der Waals surface area contributed by atoms with Gasteiger partial charge < -0.3 is 20.1 Å². The number of aromatic nitrogens is 3. The van der Waals surface area contributed by atoms with Crippen LogP contribution >= 0.6 is 20.1 Å². The predicted molar refractivity (Wildman–Crippen MR) is 154 cm³/mol. The summed E-state index contributed by atoms with van der Waals surface area (Å²) in [4.78, 5) is 25.3. The number of likely N-dealkylation sites (tertiary alicyclic amines) is 1. The third-order valence-corrected chi connectivity index (χ3v) is 8.94. The first-order chi connectivity index (χ1) is 18.4. The lowest BCUT2D eigenvalue weighted by Gasteiger charge is -2.42. The first-order valence-corrected chi connectivity index (χ1v) is 14.5. The summed E-state index contributed by atoms with van der Waals surface area (Å²) in [7, 11) is -1.68. The topological polar surface area (TPSA) is 142 Å². The summed E-state index contributed by atoms with van der Waals surface area (Å²) in [6, 6.07) is 12.8. The van der Waals surface area contributed by atoms with E-state index in [0.717, 1.165) is 24.6 Å². The van der Waals surface area contributed by atoms with Crippen molar-refractivity contribution in [1.29, 1.82) is 5.26 Å². The zero-order chi connectivity index (χ0) is 27.1. The quantitative estimate of drug-likeness (QED) is 0.258. The maximum Gasteiger partial charge on any atom is 0.425 e. The Hall–Kier alpha value is -3.16. The van der Waals surface area contributed by atoms with Crippen LogP contribution in [-0.4, -0.2) is 64.4 Å². The number of nitrogens with two attached hydrogens (primary N) is 1. The first kappa shape index (κ1) is 30.4. The number of nitrogens with zero attached hydrogens (tertiary/aromatic N) is 6. The van der Waals surface area contributed by atoms with E-state index in [1.54, 1.807) is 27.6 Å². The number of rotatable bonds is 11. The monoisotopic (exact) mass is 574 g/mol. The molecule has 0 saturated carbocycles. The van der Waals surface area contributed by atoms with E-state index in [1.165, 1.54) is 6.33 Å². The zero-order valence-electron chi connectivity index (χ0n) is 22.3. The number of carbonyl (C=O) groups is 1. The lowest BCUT2D eigenvalue weighted by Crippen LogP contribution is -2.52. The van der Waals surface area contributed by atoms with Crippen LogP contribution in [-0.2, 0) is 9.36 Å². The smallest absolute Gasteiger partial charge is 0.418 e. The summed E-state index contributed by atoms with van der Waals surface area (Å²) in [6.45, 7) is 4.31. The number of amides is 1. The second-order valence-corrected chi connectivity index (χ2v) is 11.5. The molecule has 13 heteroatoms. The Balaban J connectivity index is 0.00000420. The molecule has 1 saturated heterocycles. The second-order valence-electron chi connectivity index (χ2n) is 9.54. The Morgan fingerprint density at radius 1 is 1.28 bits per heavy atom. The van der Waals surface area contributed by atoms with E-state index in [1.807, 2.05) is 37.4 Å². The fraction of sp³-hybridized carbons (Fsp3) is 0.462. The molecule has 11 nitrogen and oxygen atoms in total. The van der Waals surface area contributed by atoms with Crippen LogP contribution < -0.4 is 20.2 Å². The number of carbonyl (C=O) groups excluding carboxylic acids is 1. The number of halogens is 1. The Kier molecular flexibility index (Phi) is 10.7. The number of hydrogen-bond acceptors (Lipinski definition) is 8. The lowest BCUT2D eigenvalue weighted by molar-refractivity contribution is -0.131. The number of nitrogens with one attached hydrogen (secondary N) is 1. The molecular weight excluding hydrogens is 539 g/mol. The van der Waals surface area contributed by atoms with E-state index in [0.29, 0.717) is 49.3 Å². The molecule has 3 N–H and O–H groups in total. The number of benzene rings is 1. The number of unbranched alkanes of at least 4 members (excludes halogenated alkanes) is 1. The average molecular weight is 575 g/mol. The van der Waals surface area contributed by atoms with Crippen LogP contribution in [0.15, 0.2) is 48.9 Å². The molecular formula is C26H36ClN8O3P. The molecule has 1 aliphatic rings. The van der Waals surface area contributed by atoms with Crippen LogP contribution in [0, 0.1) is 17.2 Å². The van der Waals surface area contributed by atoms with Crippen molar-refractivity contribution >= 4 is 42.8 Å². The van der Waals surface area contributed by atoms with Crippen molar-refractivity contribution < 1.29 is 13.9 Å². The van der Waals surface area contributed by atoms with Crippen LogP contribution in [0.2, 0.25) is 0 Å². The second kappa shape index (κ2) is 13.8. The first-order valence-electron chi connectivity index (χ1n) is 12.9. The molecule has 1 aliphatic heterocycles. The maximum absolute atomic E-state index is 14.3. The zero-order valence-corrected chi connectivity index (χ0v) is 24.0. The van der Waals surface area contributed by atoms with Crippen molar-refractivity contribution in [2.75, 3.05) is 38.1 Å². The minimum absolute atomic E-state index is 0. The van der Waals surface area contributed by atoms with Crippen LogP contribution in [0.5, 0.6) is 5.75 Å². The van der Waals surface area contributed by atoms with Crippen molar-refractivity contribution in [3.05, 3.63) is 48.9 Å². The van der Waals surface area contributed by atoms with Crippen LogP contribution in [0.1, 0.15) is 32.6 Å². The molecule has 3 atom stereocenters. The average Bonchev–Trinajstić information content (AvgIpc) is 3.37. The number of para-hydroxylation sites is 1. The molecule has 3 heterocycles. The Morgan fingerprint density at radius 2 is 2.05 bits per heavy atom. The number of hydrogen-bond donors (Lipinski definition) is 2. The fourth-order valence-corrected chi connectivity index (χ4v) is 6.60. The van der Waals surface area contributed by atoms with Gasteiger partial charge in [-0.3, -0.25) is 4.79 Å². The molecule has 3 aromatic rings. The SMILES string of the molecule is C[C@@H]1CCN(C(=O)CC#N)C[C@@H]1N(C)c1ncnc2c1ccn2P(=O)(NCCCCN)Oc1ccccc1.Cl. The summed E-state index contributed by atoms with van der Waals surface area (Å²) < 4.78 is 21.9. The molecule has 0 bridgehead atoms. The minimum Gasteiger partial charge on any atom is -0.418 e. The van der Waals surface area contributed by atoms with E-state index in [4.69, 9.17) is 15.5 Å². The molecule has 0 aliphatic carbocycles. The van der Waals surface area contributed by atoms with E-state index in [9.17, 15) is 9.36 Å². The van der Waals surface area contributed by atoms with Crippen molar-refractivity contribution in [3.63, 3.8) is 0 Å². The molecule has 0 spiro atoms. The van der Waals surface area contributed by atoms with E-state index >= 15 is 0 Å². The molecule has 210 valence electrons. The van der Waals surface area contributed by atoms with Crippen LogP contribution in [0.3, 0.4) is 0 Å². The number of likely N-dealkylation sites (N-methyl/N-ethyl adjacent to an activating group) is 1. The lowest BCUT2D eigenvalue weighted by atomic mass is 9.92. The van der Waals surface area contributed by atoms with Crippen molar-refractivity contribution in [3.8, 4) is 11.8 Å². The molecule has 39 heavy (non-hydrogen) atoms. The molecule has 4 rings (SSSR count). The highest BCUT2D eigenvalue weighted by molar-refractivity contribution is 7.55. The summed E-state index contributed by atoms with van der Waals surface area (Å²) in [5.74, 6) is 1.30. The fourth-order valence-electron chi connectivity index (χ4n) is 4.80. The van der Waals surface area contributed by atoms with Gasteiger partial charge in [-0.05, 0) is 49.9 Å². The summed E-state index contributed by atoms with van der Waals surface area (Å²) in [6.07, 6.45) is 5.42. The van der Waals surface area contributed by atoms with E-state index in [2.05, 4.69) is 26.9 Å². The molecule has 2 aromatic heterocycles. The normalized spacial score (nSPS) is 18.6. The number of fused-ring (bicyclic) bond motifs is 1. The minimum atomic E-state index is -3.62. The highest BCUT2D eigenvalue weighted by Gasteiger charge is 2.34. The van der Waals surface area contributed by atoms with Gasteiger partial charge in [0.25, 0.3) is 0 Å². The van der Waals surface area contributed by atoms with Gasteiger partial charge in [-0.2, -0.15) is 5.26 Å². The predicted octanol–water partition coefficient (Wildman–Crippen LogP) is 3.80. The van der Waals surface area contributed by atoms with E-state index in [-0.39, 0.29) is 30.8 Å². The maximum atomic E-state index is 14.3. The van der Waals surface area contributed by atoms with Gasteiger partial charge in [0.05, 0.1) is 17.5 Å². The van der Waals surface area contributed by atoms with Gasteiger partial charge >= 0.3 is 7.67 Å². The number of piperidine rings is 1. The van der Waals surface area contributed by atoms with Gasteiger partial charge in [0.1, 0.15) is 24.3 Å². The number of anilines is 1. The Bertz CT molecular complexity index is 1330. The molecule has 1 fully saturated rings. The standard InChI is InChI=1S/C26H35N8O3P.ClH/c1-20-11-16-33(24(35)10-14-28)18-23(20)32(2)25-22-12-17-34(26(22)30-19-29-25)38(36,31-15-7-6-13-27)37-21-8-4-3-5-9-21;/h3-5,8-9,12,17,19-20,23H,6-7,10-11,13,15-16,18,27H2,1-2H3,(H,31,36);1H/t20-,23+,38?;/m1./s1. The largest absolute Gasteiger partial charge is 0.425 e. The van der Waals surface area contributed by atoms with Gasteiger partial charge in [-0.1, -0.05) is 25.1 Å². The van der Waals surface area contributed by atoms with Crippen LogP contribution in [0.25, 0.3) is 11.0 Å². The summed E-state index contributed by atoms with van der Waals surface area (Å²) in [5, 5.41) is 12.8. The van der Waals surface area contributed by atoms with Gasteiger partial charge in [0.2, 0.25) is 5.91 Å². The van der Waals surface area contributed by atoms with Crippen molar-refractivity contribution in [2.24, 2.45) is 11.7 Å². The summed E-state index contributed by atoms with van der Waals surface area (Å²) in [5.41, 5.74) is 6.12. The highest BCUT2D eigenvalue weighted by atomic mass is 35.5. The Morgan fingerprint density at radius 3 is 2.77 bits per heavy atom. The number of nitriles is 1. The van der Waals surface area contributed by atoms with Gasteiger partial charge in [0.15, 0.2) is 5.65 Å². The third kappa shape index (κ3) is 6.89. The highest BCUT2D eigenvalue weighted by Crippen LogP contribution is 2.47. The molecule has 1 unspecified atom stereocenters. The van der Waals surface area contributed by atoms with Gasteiger partial charge in [-0.25, -0.2) is 24.0 Å². The van der Waals surface area contributed by atoms with Crippen molar-refractivity contribution in [2.45, 2.75) is 38.6 Å². The third-order valence-electron chi connectivity index (χ3n) is 6.97. The molecule has 1 aromatic carbocycles. The summed E-state index contributed by atoms with van der Waals surface area (Å²) >= 11 is 0. The van der Waals surface area contributed by atoms with Crippen molar-refractivity contribution in [1.82, 2.24) is 24.3 Å².